The number of fused-ring (bicyclic) bond motifs is 3. The Labute approximate surface area is 65.9 Å². The summed E-state index contributed by atoms with van der Waals surface area (Å²) in [6, 6.07) is 0. The van der Waals surface area contributed by atoms with E-state index in [4.69, 9.17) is 0 Å². The molecule has 3 nitrogen and oxygen atoms in total. The van der Waals surface area contributed by atoms with Crippen LogP contribution in [0.4, 0.5) is 0 Å². The van der Waals surface area contributed by atoms with E-state index >= 15 is 0 Å². The number of nitro groups is 1. The zero-order valence-electron chi connectivity index (χ0n) is 6.51. The highest BCUT2D eigenvalue weighted by Gasteiger charge is 2.49. The van der Waals surface area contributed by atoms with Gasteiger partial charge in [-0.05, 0) is 25.2 Å². The molecule has 61 valence electrons. The van der Waals surface area contributed by atoms with E-state index < -0.39 is 5.54 Å². The molecule has 0 N–H and O–H groups in total. The van der Waals surface area contributed by atoms with Crippen LogP contribution in [0.5, 0.6) is 0 Å². The molecule has 0 amide bonds. The molecule has 3 rings (SSSR count). The van der Waals surface area contributed by atoms with E-state index in [0.717, 1.165) is 38.5 Å². The van der Waals surface area contributed by atoms with E-state index in [1.165, 1.54) is 0 Å². The molecule has 0 saturated heterocycles. The molecule has 2 bridgehead atoms. The summed E-state index contributed by atoms with van der Waals surface area (Å²) < 4.78 is 0. The number of nitrogens with zero attached hydrogens (tertiary/aromatic N) is 1. The molecule has 0 aliphatic heterocycles. The smallest absolute Gasteiger partial charge is 0.222 e. The summed E-state index contributed by atoms with van der Waals surface area (Å²) in [6.45, 7) is 0. The zero-order chi connectivity index (χ0) is 7.90. The summed E-state index contributed by atoms with van der Waals surface area (Å²) in [5.74, 6) is 1.56. The fourth-order valence-corrected chi connectivity index (χ4v) is 2.25. The highest BCUT2D eigenvalue weighted by atomic mass is 16.6. The maximum Gasteiger partial charge on any atom is 0.222 e. The van der Waals surface area contributed by atoms with Crippen molar-refractivity contribution in [3.8, 4) is 0 Å². The molecule has 1 radical (unpaired) electrons. The topological polar surface area (TPSA) is 43.1 Å². The summed E-state index contributed by atoms with van der Waals surface area (Å²) in [5.41, 5.74) is -0.512. The third-order valence-corrected chi connectivity index (χ3v) is 3.22. The van der Waals surface area contributed by atoms with Crippen LogP contribution in [0, 0.1) is 16.0 Å². The van der Waals surface area contributed by atoms with E-state index in [1.54, 1.807) is 5.92 Å². The lowest BCUT2D eigenvalue weighted by atomic mass is 9.66. The van der Waals surface area contributed by atoms with Crippen LogP contribution in [0.3, 0.4) is 0 Å². The number of hydrogen-bond donors (Lipinski definition) is 0. The largest absolute Gasteiger partial charge is 0.264 e. The maximum absolute atomic E-state index is 10.7. The van der Waals surface area contributed by atoms with Crippen LogP contribution in [-0.4, -0.2) is 10.5 Å². The van der Waals surface area contributed by atoms with Gasteiger partial charge in [0.1, 0.15) is 0 Å². The van der Waals surface area contributed by atoms with Crippen molar-refractivity contribution < 1.29 is 4.92 Å². The molecule has 3 aliphatic carbocycles. The molecule has 0 unspecified atom stereocenters. The Morgan fingerprint density at radius 1 is 1.18 bits per heavy atom. The normalized spacial score (nSPS) is 28.7. The van der Waals surface area contributed by atoms with Gasteiger partial charge in [0.05, 0.1) is 0 Å². The lowest BCUT2D eigenvalue weighted by Crippen LogP contribution is -2.45. The van der Waals surface area contributed by atoms with Crippen molar-refractivity contribution in [2.45, 2.75) is 44.1 Å². The SMILES string of the molecule is O=[N+]([O-])C12CC[C](CC1)CC2. The van der Waals surface area contributed by atoms with Gasteiger partial charge in [0, 0.05) is 24.2 Å². The summed E-state index contributed by atoms with van der Waals surface area (Å²) in [6.07, 6.45) is 5.45. The second-order valence-electron chi connectivity index (χ2n) is 3.73. The van der Waals surface area contributed by atoms with Gasteiger partial charge in [0.15, 0.2) is 0 Å². The highest BCUT2D eigenvalue weighted by molar-refractivity contribution is 5.06. The van der Waals surface area contributed by atoms with Crippen molar-refractivity contribution in [3.05, 3.63) is 16.0 Å². The molecular weight excluding hydrogens is 142 g/mol. The second kappa shape index (κ2) is 2.19. The second-order valence-corrected chi connectivity index (χ2v) is 3.73. The molecule has 3 fully saturated rings. The zero-order valence-corrected chi connectivity index (χ0v) is 6.51. The third-order valence-electron chi connectivity index (χ3n) is 3.22. The molecule has 0 aromatic rings. The van der Waals surface area contributed by atoms with Gasteiger partial charge in [-0.25, -0.2) is 0 Å². The quantitative estimate of drug-likeness (QED) is 0.428. The summed E-state index contributed by atoms with van der Waals surface area (Å²) in [7, 11) is 0. The standard InChI is InChI=1S/C8H12NO2/c10-9(11)8-4-1-7(2-5-8)3-6-8/h1-6H2. The van der Waals surface area contributed by atoms with Crippen molar-refractivity contribution in [1.29, 1.82) is 0 Å². The van der Waals surface area contributed by atoms with Crippen LogP contribution in [0.2, 0.25) is 0 Å². The Morgan fingerprint density at radius 3 is 1.91 bits per heavy atom. The molecule has 3 heteroatoms. The van der Waals surface area contributed by atoms with Crippen LogP contribution in [0.1, 0.15) is 38.5 Å². The summed E-state index contributed by atoms with van der Waals surface area (Å²) in [4.78, 5) is 10.7. The molecule has 0 atom stereocenters. The van der Waals surface area contributed by atoms with Crippen molar-refractivity contribution in [3.63, 3.8) is 0 Å². The van der Waals surface area contributed by atoms with Gasteiger partial charge in [-0.2, -0.15) is 0 Å². The lowest BCUT2D eigenvalue weighted by Gasteiger charge is -2.39. The minimum atomic E-state index is -0.512. The van der Waals surface area contributed by atoms with Crippen molar-refractivity contribution in [2.75, 3.05) is 0 Å². The Kier molecular flexibility index (Phi) is 1.41. The molecule has 0 heterocycles. The average molecular weight is 154 g/mol. The van der Waals surface area contributed by atoms with Crippen molar-refractivity contribution in [2.24, 2.45) is 0 Å². The Balaban J connectivity index is 2.18. The monoisotopic (exact) mass is 154 g/mol. The first-order valence-electron chi connectivity index (χ1n) is 4.21. The molecule has 3 aliphatic rings. The van der Waals surface area contributed by atoms with Crippen LogP contribution in [0.25, 0.3) is 0 Å². The first kappa shape index (κ1) is 7.07. The van der Waals surface area contributed by atoms with Crippen LogP contribution in [-0.2, 0) is 0 Å². The van der Waals surface area contributed by atoms with Gasteiger partial charge in [0.25, 0.3) is 0 Å². The average Bonchev–Trinajstić information content (AvgIpc) is 2.08. The predicted molar refractivity (Wildman–Crippen MR) is 40.7 cm³/mol. The molecule has 0 aromatic heterocycles. The first-order valence-corrected chi connectivity index (χ1v) is 4.21. The number of hydrogen-bond acceptors (Lipinski definition) is 2. The van der Waals surface area contributed by atoms with Crippen molar-refractivity contribution >= 4 is 0 Å². The fraction of sp³-hybridized carbons (Fsp3) is 0.875. The van der Waals surface area contributed by atoms with Gasteiger partial charge in [0.2, 0.25) is 5.54 Å². The molecule has 11 heavy (non-hydrogen) atoms. The van der Waals surface area contributed by atoms with Gasteiger partial charge < -0.3 is 0 Å². The Hall–Kier alpha value is -0.600. The van der Waals surface area contributed by atoms with E-state index in [1.807, 2.05) is 0 Å². The lowest BCUT2D eigenvalue weighted by molar-refractivity contribution is -0.578. The van der Waals surface area contributed by atoms with E-state index in [2.05, 4.69) is 0 Å². The molecular formula is C8H12NO2. The van der Waals surface area contributed by atoms with E-state index in [0.29, 0.717) is 0 Å². The minimum Gasteiger partial charge on any atom is -0.264 e. The maximum atomic E-state index is 10.7. The van der Waals surface area contributed by atoms with E-state index in [-0.39, 0.29) is 4.92 Å². The van der Waals surface area contributed by atoms with Gasteiger partial charge in [-0.15, -0.1) is 0 Å². The summed E-state index contributed by atoms with van der Waals surface area (Å²) >= 11 is 0. The highest BCUT2D eigenvalue weighted by Crippen LogP contribution is 2.46. The predicted octanol–water partition coefficient (Wildman–Crippen LogP) is 1.94. The first-order chi connectivity index (χ1) is 5.23. The Morgan fingerprint density at radius 2 is 1.64 bits per heavy atom. The van der Waals surface area contributed by atoms with E-state index in [9.17, 15) is 10.1 Å². The van der Waals surface area contributed by atoms with Crippen LogP contribution in [0.15, 0.2) is 0 Å². The minimum absolute atomic E-state index is 0.0388. The third kappa shape index (κ3) is 0.940. The summed E-state index contributed by atoms with van der Waals surface area (Å²) in [5, 5.41) is 10.7. The Bertz CT molecular complexity index is 169. The van der Waals surface area contributed by atoms with Gasteiger partial charge >= 0.3 is 0 Å². The van der Waals surface area contributed by atoms with Crippen LogP contribution < -0.4 is 0 Å². The molecule has 3 saturated carbocycles. The van der Waals surface area contributed by atoms with Crippen LogP contribution >= 0.6 is 0 Å². The molecule has 0 aromatic carbocycles. The fourth-order valence-electron chi connectivity index (χ4n) is 2.25. The number of rotatable bonds is 1. The van der Waals surface area contributed by atoms with Gasteiger partial charge in [-0.1, -0.05) is 0 Å². The molecule has 0 spiro atoms. The van der Waals surface area contributed by atoms with Gasteiger partial charge in [-0.3, -0.25) is 10.1 Å². The van der Waals surface area contributed by atoms with Crippen molar-refractivity contribution in [1.82, 2.24) is 0 Å².